The minimum Gasteiger partial charge on any atom is -0.467 e. The van der Waals surface area contributed by atoms with E-state index in [1.807, 2.05) is 24.3 Å². The van der Waals surface area contributed by atoms with Crippen LogP contribution in [0.15, 0.2) is 47.1 Å². The standard InChI is InChI=1S/C18H21FN6O/c1-23-8-10-24(11-9-23)17(15-6-2-3-7-16(15)19)18-20-21-22-25(18)13-14-5-4-12-26-14/h2-7,12,17H,8-11,13H2,1H3. The Hall–Kier alpha value is -2.58. The Kier molecular flexibility index (Phi) is 4.77. The van der Waals surface area contributed by atoms with E-state index >= 15 is 0 Å². The van der Waals surface area contributed by atoms with Gasteiger partial charge in [-0.3, -0.25) is 4.90 Å². The average Bonchev–Trinajstić information content (AvgIpc) is 3.31. The zero-order valence-electron chi connectivity index (χ0n) is 14.6. The Labute approximate surface area is 151 Å². The lowest BCUT2D eigenvalue weighted by molar-refractivity contribution is 0.120. The van der Waals surface area contributed by atoms with Crippen LogP contribution in [0.3, 0.4) is 0 Å². The third kappa shape index (κ3) is 3.38. The molecule has 1 aliphatic rings. The molecule has 2 aromatic heterocycles. The van der Waals surface area contributed by atoms with Crippen molar-refractivity contribution in [1.29, 1.82) is 0 Å². The van der Waals surface area contributed by atoms with E-state index in [0.29, 0.717) is 17.9 Å². The predicted molar refractivity (Wildman–Crippen MR) is 92.9 cm³/mol. The maximum Gasteiger partial charge on any atom is 0.173 e. The van der Waals surface area contributed by atoms with Gasteiger partial charge in [-0.05, 0) is 35.7 Å². The fraction of sp³-hybridized carbons (Fsp3) is 0.389. The summed E-state index contributed by atoms with van der Waals surface area (Å²) in [4.78, 5) is 4.50. The molecule has 3 heterocycles. The van der Waals surface area contributed by atoms with Gasteiger partial charge in [-0.15, -0.1) is 5.10 Å². The third-order valence-corrected chi connectivity index (χ3v) is 4.79. The summed E-state index contributed by atoms with van der Waals surface area (Å²) in [5, 5.41) is 12.2. The molecule has 0 spiro atoms. The molecule has 136 valence electrons. The Morgan fingerprint density at radius 3 is 2.65 bits per heavy atom. The van der Waals surface area contributed by atoms with E-state index in [4.69, 9.17) is 4.42 Å². The second-order valence-electron chi connectivity index (χ2n) is 6.54. The smallest absolute Gasteiger partial charge is 0.173 e. The Morgan fingerprint density at radius 1 is 1.12 bits per heavy atom. The molecule has 26 heavy (non-hydrogen) atoms. The van der Waals surface area contributed by atoms with Gasteiger partial charge in [-0.1, -0.05) is 18.2 Å². The fourth-order valence-electron chi connectivity index (χ4n) is 3.35. The van der Waals surface area contributed by atoms with E-state index in [2.05, 4.69) is 32.4 Å². The van der Waals surface area contributed by atoms with Crippen LogP contribution < -0.4 is 0 Å². The van der Waals surface area contributed by atoms with Crippen LogP contribution in [0.25, 0.3) is 0 Å². The van der Waals surface area contributed by atoms with Crippen molar-refractivity contribution >= 4 is 0 Å². The molecule has 7 nitrogen and oxygen atoms in total. The molecule has 1 atom stereocenters. The van der Waals surface area contributed by atoms with Crippen molar-refractivity contribution in [3.8, 4) is 0 Å². The van der Waals surface area contributed by atoms with Gasteiger partial charge in [-0.2, -0.15) is 0 Å². The highest BCUT2D eigenvalue weighted by Gasteiger charge is 2.31. The molecule has 0 radical (unpaired) electrons. The first-order valence-electron chi connectivity index (χ1n) is 8.68. The molecular weight excluding hydrogens is 335 g/mol. The van der Waals surface area contributed by atoms with E-state index in [1.165, 1.54) is 6.07 Å². The van der Waals surface area contributed by atoms with Crippen LogP contribution in [0.4, 0.5) is 4.39 Å². The second-order valence-corrected chi connectivity index (χ2v) is 6.54. The summed E-state index contributed by atoms with van der Waals surface area (Å²) < 4.78 is 21.7. The second kappa shape index (κ2) is 7.35. The van der Waals surface area contributed by atoms with Crippen molar-refractivity contribution in [1.82, 2.24) is 30.0 Å². The molecule has 1 aliphatic heterocycles. The van der Waals surface area contributed by atoms with Crippen molar-refractivity contribution in [2.45, 2.75) is 12.6 Å². The van der Waals surface area contributed by atoms with E-state index < -0.39 is 0 Å². The van der Waals surface area contributed by atoms with E-state index in [0.717, 1.165) is 31.9 Å². The van der Waals surface area contributed by atoms with Gasteiger partial charge < -0.3 is 9.32 Å². The summed E-state index contributed by atoms with van der Waals surface area (Å²) in [5.74, 6) is 1.13. The van der Waals surface area contributed by atoms with Gasteiger partial charge in [-0.25, -0.2) is 9.07 Å². The highest BCUT2D eigenvalue weighted by Crippen LogP contribution is 2.30. The zero-order valence-corrected chi connectivity index (χ0v) is 14.6. The first-order valence-corrected chi connectivity index (χ1v) is 8.68. The van der Waals surface area contributed by atoms with Crippen LogP contribution in [-0.2, 0) is 6.54 Å². The van der Waals surface area contributed by atoms with Crippen LogP contribution in [0, 0.1) is 5.82 Å². The van der Waals surface area contributed by atoms with E-state index in [9.17, 15) is 4.39 Å². The van der Waals surface area contributed by atoms with E-state index in [1.54, 1.807) is 17.0 Å². The number of hydrogen-bond donors (Lipinski definition) is 0. The maximum atomic E-state index is 14.6. The van der Waals surface area contributed by atoms with Gasteiger partial charge in [0.2, 0.25) is 0 Å². The summed E-state index contributed by atoms with van der Waals surface area (Å²) in [7, 11) is 2.09. The Bertz CT molecular complexity index is 841. The lowest BCUT2D eigenvalue weighted by atomic mass is 10.0. The number of hydrogen-bond acceptors (Lipinski definition) is 6. The molecule has 8 heteroatoms. The summed E-state index contributed by atoms with van der Waals surface area (Å²) in [5.41, 5.74) is 0.590. The highest BCUT2D eigenvalue weighted by molar-refractivity contribution is 5.27. The van der Waals surface area contributed by atoms with Gasteiger partial charge in [0.15, 0.2) is 5.82 Å². The van der Waals surface area contributed by atoms with Crippen LogP contribution in [0.5, 0.6) is 0 Å². The molecule has 0 amide bonds. The van der Waals surface area contributed by atoms with Crippen LogP contribution >= 0.6 is 0 Å². The number of likely N-dealkylation sites (N-methyl/N-ethyl adjacent to an activating group) is 1. The van der Waals surface area contributed by atoms with Crippen molar-refractivity contribution in [2.24, 2.45) is 0 Å². The first kappa shape index (κ1) is 16.9. The molecule has 0 bridgehead atoms. The zero-order chi connectivity index (χ0) is 17.9. The van der Waals surface area contributed by atoms with Crippen molar-refractivity contribution < 1.29 is 8.81 Å². The molecule has 1 unspecified atom stereocenters. The quantitative estimate of drug-likeness (QED) is 0.695. The van der Waals surface area contributed by atoms with E-state index in [-0.39, 0.29) is 11.9 Å². The van der Waals surface area contributed by atoms with Gasteiger partial charge in [0.1, 0.15) is 24.2 Å². The molecule has 1 aromatic carbocycles. The summed E-state index contributed by atoms with van der Waals surface area (Å²) in [6, 6.07) is 10.2. The molecule has 3 aromatic rings. The molecular formula is C18H21FN6O. The normalized spacial score (nSPS) is 17.5. The average molecular weight is 356 g/mol. The van der Waals surface area contributed by atoms with Gasteiger partial charge in [0, 0.05) is 31.7 Å². The number of halogens is 1. The van der Waals surface area contributed by atoms with Crippen molar-refractivity contribution in [3.05, 3.63) is 65.6 Å². The Balaban J connectivity index is 1.72. The summed E-state index contributed by atoms with van der Waals surface area (Å²) in [6.45, 7) is 3.90. The summed E-state index contributed by atoms with van der Waals surface area (Å²) in [6.07, 6.45) is 1.62. The van der Waals surface area contributed by atoms with Gasteiger partial charge in [0.05, 0.1) is 6.26 Å². The monoisotopic (exact) mass is 356 g/mol. The molecule has 0 aliphatic carbocycles. The minimum absolute atomic E-state index is 0.246. The van der Waals surface area contributed by atoms with Gasteiger partial charge in [0.25, 0.3) is 0 Å². The SMILES string of the molecule is CN1CCN(C(c2ccccc2F)c2nnnn2Cc2ccco2)CC1. The third-order valence-electron chi connectivity index (χ3n) is 4.79. The lowest BCUT2D eigenvalue weighted by Gasteiger charge is -2.37. The minimum atomic E-state index is -0.338. The number of piperazine rings is 1. The lowest BCUT2D eigenvalue weighted by Crippen LogP contribution is -2.47. The molecule has 0 N–H and O–H groups in total. The Morgan fingerprint density at radius 2 is 1.92 bits per heavy atom. The molecule has 4 rings (SSSR count). The predicted octanol–water partition coefficient (Wildman–Crippen LogP) is 1.79. The number of rotatable bonds is 5. The number of nitrogens with zero attached hydrogens (tertiary/aromatic N) is 6. The van der Waals surface area contributed by atoms with Gasteiger partial charge >= 0.3 is 0 Å². The topological polar surface area (TPSA) is 63.2 Å². The number of benzene rings is 1. The number of tetrazole rings is 1. The first-order chi connectivity index (χ1) is 12.7. The molecule has 0 saturated carbocycles. The number of aromatic nitrogens is 4. The number of furan rings is 1. The van der Waals surface area contributed by atoms with Crippen LogP contribution in [0.1, 0.15) is 23.2 Å². The van der Waals surface area contributed by atoms with Crippen LogP contribution in [-0.4, -0.2) is 63.2 Å². The maximum absolute atomic E-state index is 14.6. The molecule has 1 saturated heterocycles. The fourth-order valence-corrected chi connectivity index (χ4v) is 3.35. The van der Waals surface area contributed by atoms with Crippen molar-refractivity contribution in [2.75, 3.05) is 33.2 Å². The highest BCUT2D eigenvalue weighted by atomic mass is 19.1. The largest absolute Gasteiger partial charge is 0.467 e. The van der Waals surface area contributed by atoms with Crippen LogP contribution in [0.2, 0.25) is 0 Å². The summed E-state index contributed by atoms with van der Waals surface area (Å²) >= 11 is 0. The van der Waals surface area contributed by atoms with Crippen molar-refractivity contribution in [3.63, 3.8) is 0 Å². The molecule has 1 fully saturated rings.